The molecule has 0 saturated carbocycles. The number of tetrazole rings is 1. The van der Waals surface area contributed by atoms with Crippen LogP contribution in [0.25, 0.3) is 5.69 Å². The number of anilines is 1. The first kappa shape index (κ1) is 19.1. The van der Waals surface area contributed by atoms with Crippen LogP contribution >= 0.6 is 11.8 Å². The maximum Gasteiger partial charge on any atom is 0.234 e. The molecule has 3 rings (SSSR count). The Morgan fingerprint density at radius 1 is 1.19 bits per heavy atom. The van der Waals surface area contributed by atoms with Crippen molar-refractivity contribution in [2.45, 2.75) is 38.3 Å². The van der Waals surface area contributed by atoms with Crippen LogP contribution in [0.1, 0.15) is 30.9 Å². The van der Waals surface area contributed by atoms with Gasteiger partial charge in [-0.15, -0.1) is 5.10 Å². The van der Waals surface area contributed by atoms with Crippen molar-refractivity contribution in [2.24, 2.45) is 0 Å². The van der Waals surface area contributed by atoms with E-state index in [9.17, 15) is 4.79 Å². The number of amides is 1. The third kappa shape index (κ3) is 5.17. The molecule has 0 spiro atoms. The predicted molar refractivity (Wildman–Crippen MR) is 108 cm³/mol. The van der Waals surface area contributed by atoms with Gasteiger partial charge in [-0.2, -0.15) is 4.68 Å². The van der Waals surface area contributed by atoms with Crippen molar-refractivity contribution in [3.63, 3.8) is 0 Å². The second-order valence-corrected chi connectivity index (χ2v) is 7.24. The number of thioether (sulfide) groups is 1. The molecule has 1 N–H and O–H groups in total. The number of carbonyl (C=O) groups is 1. The molecule has 2 aromatic carbocycles. The quantitative estimate of drug-likeness (QED) is 0.596. The summed E-state index contributed by atoms with van der Waals surface area (Å²) in [7, 11) is 0. The van der Waals surface area contributed by atoms with Crippen molar-refractivity contribution in [2.75, 3.05) is 11.1 Å². The SMILES string of the molecule is CCCCc1ccc(NC(=O)CSc2nnnn2-c2ccccc2)c(C)c1. The van der Waals surface area contributed by atoms with Gasteiger partial charge in [0.25, 0.3) is 0 Å². The maximum atomic E-state index is 12.4. The van der Waals surface area contributed by atoms with Gasteiger partial charge in [0.05, 0.1) is 11.4 Å². The normalized spacial score (nSPS) is 10.7. The number of carbonyl (C=O) groups excluding carboxylic acids is 1. The Morgan fingerprint density at radius 3 is 2.74 bits per heavy atom. The second kappa shape index (κ2) is 9.32. The minimum absolute atomic E-state index is 0.0768. The number of aryl methyl sites for hydroxylation is 2. The highest BCUT2D eigenvalue weighted by Gasteiger charge is 2.12. The molecule has 0 saturated heterocycles. The van der Waals surface area contributed by atoms with Gasteiger partial charge in [0, 0.05) is 5.69 Å². The monoisotopic (exact) mass is 381 g/mol. The Balaban J connectivity index is 1.59. The van der Waals surface area contributed by atoms with Gasteiger partial charge in [0.1, 0.15) is 0 Å². The van der Waals surface area contributed by atoms with Crippen LogP contribution in [0.3, 0.4) is 0 Å². The summed E-state index contributed by atoms with van der Waals surface area (Å²) in [4.78, 5) is 12.4. The Morgan fingerprint density at radius 2 is 2.00 bits per heavy atom. The molecule has 3 aromatic rings. The van der Waals surface area contributed by atoms with Crippen molar-refractivity contribution < 1.29 is 4.79 Å². The number of hydrogen-bond acceptors (Lipinski definition) is 5. The molecule has 0 radical (unpaired) electrons. The first-order valence-corrected chi connectivity index (χ1v) is 10.0. The third-order valence-corrected chi connectivity index (χ3v) is 5.08. The minimum atomic E-state index is -0.0768. The molecule has 1 amide bonds. The fourth-order valence-electron chi connectivity index (χ4n) is 2.72. The molecule has 1 heterocycles. The Bertz CT molecular complexity index is 894. The second-order valence-electron chi connectivity index (χ2n) is 6.30. The summed E-state index contributed by atoms with van der Waals surface area (Å²) in [5.74, 6) is 0.163. The lowest BCUT2D eigenvalue weighted by molar-refractivity contribution is -0.113. The summed E-state index contributed by atoms with van der Waals surface area (Å²) < 4.78 is 1.63. The topological polar surface area (TPSA) is 72.7 Å². The largest absolute Gasteiger partial charge is 0.325 e. The van der Waals surface area contributed by atoms with Crippen molar-refractivity contribution in [1.82, 2.24) is 20.2 Å². The van der Waals surface area contributed by atoms with E-state index in [-0.39, 0.29) is 11.7 Å². The van der Waals surface area contributed by atoms with E-state index in [0.29, 0.717) is 5.16 Å². The zero-order valence-electron chi connectivity index (χ0n) is 15.6. The molecule has 140 valence electrons. The van der Waals surface area contributed by atoms with Crippen molar-refractivity contribution in [3.05, 3.63) is 59.7 Å². The fraction of sp³-hybridized carbons (Fsp3) is 0.300. The summed E-state index contributed by atoms with van der Waals surface area (Å²) >= 11 is 1.31. The summed E-state index contributed by atoms with van der Waals surface area (Å²) in [6, 6.07) is 15.8. The van der Waals surface area contributed by atoms with Crippen LogP contribution in [-0.2, 0) is 11.2 Å². The summed E-state index contributed by atoms with van der Waals surface area (Å²) in [5.41, 5.74) is 4.10. The molecule has 1 aromatic heterocycles. The highest BCUT2D eigenvalue weighted by atomic mass is 32.2. The van der Waals surface area contributed by atoms with Crippen LogP contribution in [0.4, 0.5) is 5.69 Å². The van der Waals surface area contributed by atoms with Gasteiger partial charge in [-0.25, -0.2) is 0 Å². The van der Waals surface area contributed by atoms with Gasteiger partial charge in [-0.1, -0.05) is 55.4 Å². The highest BCUT2D eigenvalue weighted by molar-refractivity contribution is 7.99. The predicted octanol–water partition coefficient (Wildman–Crippen LogP) is 4.04. The zero-order valence-corrected chi connectivity index (χ0v) is 16.4. The van der Waals surface area contributed by atoms with Gasteiger partial charge in [0.15, 0.2) is 0 Å². The smallest absolute Gasteiger partial charge is 0.234 e. The zero-order chi connectivity index (χ0) is 19.1. The fourth-order valence-corrected chi connectivity index (χ4v) is 3.41. The van der Waals surface area contributed by atoms with Crippen molar-refractivity contribution in [3.8, 4) is 5.69 Å². The number of hydrogen-bond donors (Lipinski definition) is 1. The number of rotatable bonds is 8. The van der Waals surface area contributed by atoms with E-state index in [4.69, 9.17) is 0 Å². The van der Waals surface area contributed by atoms with Crippen LogP contribution in [0.15, 0.2) is 53.7 Å². The molecule has 0 bridgehead atoms. The number of aromatic nitrogens is 4. The van der Waals surface area contributed by atoms with E-state index in [1.165, 1.54) is 30.2 Å². The molecule has 0 fully saturated rings. The maximum absolute atomic E-state index is 12.4. The molecule has 0 aliphatic carbocycles. The van der Waals surface area contributed by atoms with Crippen molar-refractivity contribution >= 4 is 23.4 Å². The summed E-state index contributed by atoms with van der Waals surface area (Å²) in [6.07, 6.45) is 3.43. The average Bonchev–Trinajstić information content (AvgIpc) is 3.16. The van der Waals surface area contributed by atoms with Gasteiger partial charge < -0.3 is 5.32 Å². The number of nitrogens with zero attached hydrogens (tertiary/aromatic N) is 4. The third-order valence-electron chi connectivity index (χ3n) is 4.16. The van der Waals surface area contributed by atoms with Crippen LogP contribution in [-0.4, -0.2) is 31.9 Å². The first-order chi connectivity index (χ1) is 13.2. The van der Waals surface area contributed by atoms with E-state index in [0.717, 1.165) is 23.4 Å². The number of unbranched alkanes of at least 4 members (excludes halogenated alkanes) is 1. The van der Waals surface area contributed by atoms with Gasteiger partial charge in [-0.3, -0.25) is 4.79 Å². The highest BCUT2D eigenvalue weighted by Crippen LogP contribution is 2.21. The molecular weight excluding hydrogens is 358 g/mol. The molecule has 6 nitrogen and oxygen atoms in total. The standard InChI is InChI=1S/C20H23N5OS/c1-3-4-8-16-11-12-18(15(2)13-16)21-19(26)14-27-20-22-23-24-25(20)17-9-6-5-7-10-17/h5-7,9-13H,3-4,8,14H2,1-2H3,(H,21,26). The van der Waals surface area contributed by atoms with Crippen LogP contribution in [0.5, 0.6) is 0 Å². The molecule has 0 unspecified atom stereocenters. The number of nitrogens with one attached hydrogen (secondary N) is 1. The van der Waals surface area contributed by atoms with Crippen LogP contribution in [0.2, 0.25) is 0 Å². The molecular formula is C20H23N5OS. The van der Waals surface area contributed by atoms with E-state index >= 15 is 0 Å². The molecule has 0 aliphatic heterocycles. The Labute approximate surface area is 163 Å². The van der Waals surface area contributed by atoms with Gasteiger partial charge >= 0.3 is 0 Å². The van der Waals surface area contributed by atoms with Crippen LogP contribution < -0.4 is 5.32 Å². The van der Waals surface area contributed by atoms with E-state index in [2.05, 4.69) is 39.9 Å². The van der Waals surface area contributed by atoms with Gasteiger partial charge in [0.2, 0.25) is 11.1 Å². The number of benzene rings is 2. The molecule has 0 atom stereocenters. The summed E-state index contributed by atoms with van der Waals surface area (Å²) in [6.45, 7) is 4.21. The lowest BCUT2D eigenvalue weighted by atomic mass is 10.0. The van der Waals surface area contributed by atoms with Crippen LogP contribution in [0, 0.1) is 6.92 Å². The lowest BCUT2D eigenvalue weighted by Crippen LogP contribution is -2.15. The Hall–Kier alpha value is -2.67. The van der Waals surface area contributed by atoms with Crippen molar-refractivity contribution in [1.29, 1.82) is 0 Å². The number of para-hydroxylation sites is 1. The Kier molecular flexibility index (Phi) is 6.59. The van der Waals surface area contributed by atoms with E-state index in [1.807, 2.05) is 43.3 Å². The minimum Gasteiger partial charge on any atom is -0.325 e. The molecule has 7 heteroatoms. The molecule has 27 heavy (non-hydrogen) atoms. The van der Waals surface area contributed by atoms with Gasteiger partial charge in [-0.05, 0) is 59.5 Å². The van der Waals surface area contributed by atoms with E-state index < -0.39 is 0 Å². The molecule has 0 aliphatic rings. The van der Waals surface area contributed by atoms with E-state index in [1.54, 1.807) is 4.68 Å². The lowest BCUT2D eigenvalue weighted by Gasteiger charge is -2.10. The average molecular weight is 382 g/mol. The summed E-state index contributed by atoms with van der Waals surface area (Å²) in [5, 5.41) is 15.3. The first-order valence-electron chi connectivity index (χ1n) is 9.03.